The molecule has 0 spiro atoms. The van der Waals surface area contributed by atoms with E-state index in [0.717, 1.165) is 11.1 Å². The average Bonchev–Trinajstić information content (AvgIpc) is 3.04. The minimum atomic E-state index is -0.446. The lowest BCUT2D eigenvalue weighted by Gasteiger charge is -2.12. The van der Waals surface area contributed by atoms with Crippen molar-refractivity contribution in [1.82, 2.24) is 9.55 Å². The van der Waals surface area contributed by atoms with Crippen LogP contribution in [0.5, 0.6) is 0 Å². The van der Waals surface area contributed by atoms with Crippen molar-refractivity contribution in [3.63, 3.8) is 0 Å². The largest absolute Gasteiger partial charge is 0.384 e. The van der Waals surface area contributed by atoms with Gasteiger partial charge in [0.1, 0.15) is 10.7 Å². The molecule has 0 atom stereocenters. The van der Waals surface area contributed by atoms with Crippen LogP contribution in [-0.2, 0) is 22.5 Å². The van der Waals surface area contributed by atoms with Gasteiger partial charge in [0, 0.05) is 37.4 Å². The molecule has 0 saturated carbocycles. The van der Waals surface area contributed by atoms with Gasteiger partial charge in [-0.25, -0.2) is 4.98 Å². The number of ether oxygens (including phenoxy) is 1. The first-order valence-corrected chi connectivity index (χ1v) is 8.83. The monoisotopic (exact) mass is 357 g/mol. The lowest BCUT2D eigenvalue weighted by molar-refractivity contribution is -0.118. The number of benzene rings is 1. The van der Waals surface area contributed by atoms with E-state index in [9.17, 15) is 9.59 Å². The normalized spacial score (nSPS) is 11.1. The van der Waals surface area contributed by atoms with E-state index < -0.39 is 5.91 Å². The molecule has 0 radical (unpaired) electrons. The van der Waals surface area contributed by atoms with Crippen molar-refractivity contribution in [2.45, 2.75) is 19.4 Å². The van der Waals surface area contributed by atoms with Crippen LogP contribution in [0, 0.1) is 0 Å². The SMILES string of the molecule is COCCc1nc2scc(-c3ccccc3)c2c(=O)n1CCC(N)=O. The van der Waals surface area contributed by atoms with Crippen LogP contribution in [0.4, 0.5) is 0 Å². The lowest BCUT2D eigenvalue weighted by Crippen LogP contribution is -2.28. The first kappa shape index (κ1) is 17.3. The Hall–Kier alpha value is -2.51. The van der Waals surface area contributed by atoms with Crippen molar-refractivity contribution in [3.05, 3.63) is 51.9 Å². The number of thiophene rings is 1. The number of aromatic nitrogens is 2. The van der Waals surface area contributed by atoms with Crippen LogP contribution >= 0.6 is 11.3 Å². The van der Waals surface area contributed by atoms with Crippen LogP contribution < -0.4 is 11.3 Å². The van der Waals surface area contributed by atoms with Gasteiger partial charge in [0.2, 0.25) is 5.91 Å². The molecule has 0 aliphatic carbocycles. The van der Waals surface area contributed by atoms with E-state index in [1.54, 1.807) is 11.7 Å². The number of carbonyl (C=O) groups is 1. The fraction of sp³-hybridized carbons (Fsp3) is 0.278. The highest BCUT2D eigenvalue weighted by Crippen LogP contribution is 2.30. The maximum Gasteiger partial charge on any atom is 0.262 e. The molecule has 0 aliphatic rings. The molecule has 0 aliphatic heterocycles. The van der Waals surface area contributed by atoms with E-state index >= 15 is 0 Å². The molecule has 0 bridgehead atoms. The zero-order valence-corrected chi connectivity index (χ0v) is 14.7. The summed E-state index contributed by atoms with van der Waals surface area (Å²) in [6, 6.07) is 9.74. The molecule has 0 saturated heterocycles. The average molecular weight is 357 g/mol. The molecule has 2 heterocycles. The fourth-order valence-corrected chi connectivity index (χ4v) is 3.69. The van der Waals surface area contributed by atoms with E-state index in [2.05, 4.69) is 4.98 Å². The van der Waals surface area contributed by atoms with Gasteiger partial charge in [-0.1, -0.05) is 30.3 Å². The fourth-order valence-electron chi connectivity index (χ4n) is 2.73. The third kappa shape index (κ3) is 3.62. The molecule has 3 rings (SSSR count). The topological polar surface area (TPSA) is 87.2 Å². The first-order chi connectivity index (χ1) is 12.1. The second-order valence-electron chi connectivity index (χ2n) is 5.64. The minimum Gasteiger partial charge on any atom is -0.384 e. The highest BCUT2D eigenvalue weighted by molar-refractivity contribution is 7.17. The highest BCUT2D eigenvalue weighted by atomic mass is 32.1. The smallest absolute Gasteiger partial charge is 0.262 e. The predicted octanol–water partition coefficient (Wildman–Crippen LogP) is 2.19. The molecular weight excluding hydrogens is 338 g/mol. The maximum absolute atomic E-state index is 13.1. The zero-order chi connectivity index (χ0) is 17.8. The maximum atomic E-state index is 13.1. The third-order valence-corrected chi connectivity index (χ3v) is 4.84. The Kier molecular flexibility index (Phi) is 5.25. The quantitative estimate of drug-likeness (QED) is 0.702. The Morgan fingerprint density at radius 2 is 2.08 bits per heavy atom. The van der Waals surface area contributed by atoms with Crippen molar-refractivity contribution < 1.29 is 9.53 Å². The molecule has 0 unspecified atom stereocenters. The summed E-state index contributed by atoms with van der Waals surface area (Å²) in [6.07, 6.45) is 0.594. The van der Waals surface area contributed by atoms with Gasteiger partial charge in [-0.05, 0) is 5.56 Å². The van der Waals surface area contributed by atoms with Crippen molar-refractivity contribution >= 4 is 27.5 Å². The van der Waals surface area contributed by atoms with E-state index in [4.69, 9.17) is 10.5 Å². The van der Waals surface area contributed by atoms with Gasteiger partial charge < -0.3 is 10.5 Å². The second kappa shape index (κ2) is 7.58. The Bertz CT molecular complexity index is 947. The molecule has 3 aromatic rings. The van der Waals surface area contributed by atoms with Crippen molar-refractivity contribution in [2.75, 3.05) is 13.7 Å². The summed E-state index contributed by atoms with van der Waals surface area (Å²) < 4.78 is 6.66. The van der Waals surface area contributed by atoms with Crippen LogP contribution in [0.25, 0.3) is 21.3 Å². The summed E-state index contributed by atoms with van der Waals surface area (Å²) in [4.78, 5) is 29.6. The molecule has 1 aromatic carbocycles. The Labute approximate surface area is 148 Å². The van der Waals surface area contributed by atoms with Gasteiger partial charge in [0.15, 0.2) is 0 Å². The number of carbonyl (C=O) groups excluding carboxylic acids is 1. The van der Waals surface area contributed by atoms with Gasteiger partial charge >= 0.3 is 0 Å². The van der Waals surface area contributed by atoms with E-state index in [-0.39, 0.29) is 18.5 Å². The van der Waals surface area contributed by atoms with Gasteiger partial charge in [-0.2, -0.15) is 0 Å². The number of hydrogen-bond acceptors (Lipinski definition) is 5. The molecule has 1 amide bonds. The Balaban J connectivity index is 2.16. The van der Waals surface area contributed by atoms with Crippen LogP contribution in [0.3, 0.4) is 0 Å². The number of rotatable bonds is 7. The summed E-state index contributed by atoms with van der Waals surface area (Å²) in [5.41, 5.74) is 6.95. The summed E-state index contributed by atoms with van der Waals surface area (Å²) in [7, 11) is 1.60. The Morgan fingerprint density at radius 1 is 1.32 bits per heavy atom. The number of amides is 1. The third-order valence-electron chi connectivity index (χ3n) is 3.97. The number of nitrogens with zero attached hydrogens (tertiary/aromatic N) is 2. The summed E-state index contributed by atoms with van der Waals surface area (Å²) in [5.74, 6) is 0.167. The van der Waals surface area contributed by atoms with Gasteiger partial charge in [-0.3, -0.25) is 14.2 Å². The summed E-state index contributed by atoms with van der Waals surface area (Å²) in [6.45, 7) is 0.672. The van der Waals surface area contributed by atoms with Crippen LogP contribution in [0.2, 0.25) is 0 Å². The van der Waals surface area contributed by atoms with Crippen LogP contribution in [0.1, 0.15) is 12.2 Å². The zero-order valence-electron chi connectivity index (χ0n) is 13.9. The van der Waals surface area contributed by atoms with Crippen molar-refractivity contribution in [2.24, 2.45) is 5.73 Å². The first-order valence-electron chi connectivity index (χ1n) is 7.95. The predicted molar refractivity (Wildman–Crippen MR) is 98.7 cm³/mol. The molecular formula is C18H19N3O3S. The van der Waals surface area contributed by atoms with Gasteiger partial charge in [-0.15, -0.1) is 11.3 Å². The van der Waals surface area contributed by atoms with Crippen LogP contribution in [-0.4, -0.2) is 29.2 Å². The van der Waals surface area contributed by atoms with E-state index in [1.807, 2.05) is 35.7 Å². The molecule has 0 fully saturated rings. The lowest BCUT2D eigenvalue weighted by atomic mass is 10.1. The van der Waals surface area contributed by atoms with E-state index in [1.165, 1.54) is 11.3 Å². The number of primary amides is 1. The highest BCUT2D eigenvalue weighted by Gasteiger charge is 2.17. The number of hydrogen-bond donors (Lipinski definition) is 1. The molecule has 6 nitrogen and oxygen atoms in total. The molecule has 130 valence electrons. The van der Waals surface area contributed by atoms with E-state index in [0.29, 0.717) is 29.1 Å². The van der Waals surface area contributed by atoms with Gasteiger partial charge in [0.25, 0.3) is 5.56 Å². The summed E-state index contributed by atoms with van der Waals surface area (Å²) in [5, 5.41) is 2.54. The molecule has 2 N–H and O–H groups in total. The standard InChI is InChI=1S/C18H19N3O3S/c1-24-10-8-15-20-17-16(18(23)21(15)9-7-14(19)22)13(11-25-17)12-5-3-2-4-6-12/h2-6,11H,7-10H2,1H3,(H2,19,22). The van der Waals surface area contributed by atoms with Crippen molar-refractivity contribution in [1.29, 1.82) is 0 Å². The summed E-state index contributed by atoms with van der Waals surface area (Å²) >= 11 is 1.45. The Morgan fingerprint density at radius 3 is 2.76 bits per heavy atom. The molecule has 2 aromatic heterocycles. The minimum absolute atomic E-state index is 0.0951. The number of nitrogens with two attached hydrogens (primary N) is 1. The van der Waals surface area contributed by atoms with Crippen molar-refractivity contribution in [3.8, 4) is 11.1 Å². The molecule has 7 heteroatoms. The van der Waals surface area contributed by atoms with Gasteiger partial charge in [0.05, 0.1) is 12.0 Å². The molecule has 25 heavy (non-hydrogen) atoms. The number of fused-ring (bicyclic) bond motifs is 1. The van der Waals surface area contributed by atoms with Crippen LogP contribution in [0.15, 0.2) is 40.5 Å². The number of methoxy groups -OCH3 is 1. The second-order valence-corrected chi connectivity index (χ2v) is 6.50.